The summed E-state index contributed by atoms with van der Waals surface area (Å²) < 4.78 is 0. The molecule has 3 heteroatoms. The first kappa shape index (κ1) is 17.0. The summed E-state index contributed by atoms with van der Waals surface area (Å²) in [6.45, 7) is 2.26. The molecular formula is C17H31N3. The molecule has 0 aliphatic rings. The Kier molecular flexibility index (Phi) is 8.31. The Balaban J connectivity index is 2.43. The zero-order valence-electron chi connectivity index (χ0n) is 13.4. The maximum atomic E-state index is 5.73. The first-order valence-electron chi connectivity index (χ1n) is 7.92. The van der Waals surface area contributed by atoms with Crippen molar-refractivity contribution >= 4 is 5.69 Å². The van der Waals surface area contributed by atoms with E-state index in [2.05, 4.69) is 55.6 Å². The van der Waals surface area contributed by atoms with E-state index < -0.39 is 0 Å². The highest BCUT2D eigenvalue weighted by Gasteiger charge is 2.10. The molecule has 1 rings (SSSR count). The molecule has 1 aromatic rings. The third-order valence-electron chi connectivity index (χ3n) is 3.84. The lowest BCUT2D eigenvalue weighted by atomic mass is 9.99. The van der Waals surface area contributed by atoms with Crippen LogP contribution in [0.15, 0.2) is 24.3 Å². The average molecular weight is 277 g/mol. The van der Waals surface area contributed by atoms with Crippen molar-refractivity contribution in [1.29, 1.82) is 0 Å². The predicted octanol–water partition coefficient (Wildman–Crippen LogP) is 4.01. The highest BCUT2D eigenvalue weighted by atomic mass is 15.2. The van der Waals surface area contributed by atoms with Gasteiger partial charge in [0.05, 0.1) is 0 Å². The van der Waals surface area contributed by atoms with Crippen LogP contribution in [0.5, 0.6) is 0 Å². The lowest BCUT2D eigenvalue weighted by molar-refractivity contribution is 0.477. The molecule has 3 N–H and O–H groups in total. The number of hydrogen-bond donors (Lipinski definition) is 2. The molecule has 0 bridgehead atoms. The van der Waals surface area contributed by atoms with Gasteiger partial charge in [0.2, 0.25) is 0 Å². The van der Waals surface area contributed by atoms with Crippen molar-refractivity contribution in [3.05, 3.63) is 29.8 Å². The lowest BCUT2D eigenvalue weighted by Gasteiger charge is -2.19. The number of nitrogens with zero attached hydrogens (tertiary/aromatic N) is 1. The fourth-order valence-corrected chi connectivity index (χ4v) is 2.49. The van der Waals surface area contributed by atoms with E-state index >= 15 is 0 Å². The van der Waals surface area contributed by atoms with Crippen LogP contribution in [0.25, 0.3) is 0 Å². The molecule has 1 aromatic carbocycles. The van der Waals surface area contributed by atoms with E-state index in [1.54, 1.807) is 0 Å². The number of unbranched alkanes of at least 4 members (excludes halogenated alkanes) is 5. The Bertz CT molecular complexity index is 363. The predicted molar refractivity (Wildman–Crippen MR) is 88.8 cm³/mol. The van der Waals surface area contributed by atoms with Gasteiger partial charge in [-0.3, -0.25) is 11.3 Å². The summed E-state index contributed by atoms with van der Waals surface area (Å²) in [6.07, 6.45) is 9.06. The highest BCUT2D eigenvalue weighted by Crippen LogP contribution is 2.23. The average Bonchev–Trinajstić information content (AvgIpc) is 2.46. The van der Waals surface area contributed by atoms with Gasteiger partial charge in [0.1, 0.15) is 0 Å². The van der Waals surface area contributed by atoms with Gasteiger partial charge >= 0.3 is 0 Å². The molecule has 0 radical (unpaired) electrons. The normalized spacial score (nSPS) is 12.4. The summed E-state index contributed by atoms with van der Waals surface area (Å²) in [5, 5.41) is 0. The Morgan fingerprint density at radius 1 is 1.10 bits per heavy atom. The first-order valence-corrected chi connectivity index (χ1v) is 7.92. The van der Waals surface area contributed by atoms with Crippen LogP contribution in [0.2, 0.25) is 0 Å². The van der Waals surface area contributed by atoms with Crippen molar-refractivity contribution < 1.29 is 0 Å². The molecule has 0 saturated heterocycles. The van der Waals surface area contributed by atoms with Gasteiger partial charge in [0.25, 0.3) is 0 Å². The van der Waals surface area contributed by atoms with Crippen molar-refractivity contribution in [2.75, 3.05) is 19.0 Å². The summed E-state index contributed by atoms with van der Waals surface area (Å²) in [5.74, 6) is 5.73. The number of nitrogens with one attached hydrogen (secondary N) is 1. The molecule has 3 nitrogen and oxygen atoms in total. The van der Waals surface area contributed by atoms with Crippen LogP contribution in [0, 0.1) is 0 Å². The van der Waals surface area contributed by atoms with E-state index in [0.29, 0.717) is 0 Å². The third kappa shape index (κ3) is 5.93. The molecule has 0 spiro atoms. The minimum absolute atomic E-state index is 0.265. The van der Waals surface area contributed by atoms with Gasteiger partial charge in [-0.1, -0.05) is 57.6 Å². The standard InChI is InChI=1S/C17H31N3/c1-4-5-6-7-8-9-13-17(19-18)15-11-10-12-16(14-15)20(2)3/h10-12,14,17,19H,4-9,13,18H2,1-3H3. The van der Waals surface area contributed by atoms with Gasteiger partial charge in [-0.05, 0) is 24.1 Å². The van der Waals surface area contributed by atoms with Crippen LogP contribution < -0.4 is 16.2 Å². The van der Waals surface area contributed by atoms with Crippen LogP contribution in [0.3, 0.4) is 0 Å². The molecule has 0 aromatic heterocycles. The zero-order valence-corrected chi connectivity index (χ0v) is 13.4. The Hall–Kier alpha value is -1.06. The van der Waals surface area contributed by atoms with Crippen LogP contribution in [-0.4, -0.2) is 14.1 Å². The minimum Gasteiger partial charge on any atom is -0.378 e. The smallest absolute Gasteiger partial charge is 0.0460 e. The maximum absolute atomic E-state index is 5.73. The lowest BCUT2D eigenvalue weighted by Crippen LogP contribution is -2.28. The Labute approximate surface area is 124 Å². The maximum Gasteiger partial charge on any atom is 0.0460 e. The molecule has 0 saturated carbocycles. The molecule has 0 amide bonds. The first-order chi connectivity index (χ1) is 9.69. The van der Waals surface area contributed by atoms with Crippen molar-refractivity contribution in [2.45, 2.75) is 57.9 Å². The van der Waals surface area contributed by atoms with E-state index in [-0.39, 0.29) is 6.04 Å². The number of hydrazine groups is 1. The molecule has 0 heterocycles. The number of anilines is 1. The molecule has 114 valence electrons. The van der Waals surface area contributed by atoms with Crippen LogP contribution in [0.4, 0.5) is 5.69 Å². The Morgan fingerprint density at radius 3 is 2.45 bits per heavy atom. The second-order valence-electron chi connectivity index (χ2n) is 5.77. The van der Waals surface area contributed by atoms with Gasteiger partial charge in [-0.2, -0.15) is 0 Å². The molecule has 1 unspecified atom stereocenters. The molecule has 1 atom stereocenters. The van der Waals surface area contributed by atoms with Gasteiger partial charge < -0.3 is 4.90 Å². The second-order valence-corrected chi connectivity index (χ2v) is 5.77. The third-order valence-corrected chi connectivity index (χ3v) is 3.84. The van der Waals surface area contributed by atoms with Crippen molar-refractivity contribution in [1.82, 2.24) is 5.43 Å². The zero-order chi connectivity index (χ0) is 14.8. The van der Waals surface area contributed by atoms with E-state index in [1.165, 1.54) is 49.8 Å². The number of hydrogen-bond acceptors (Lipinski definition) is 3. The summed E-state index contributed by atoms with van der Waals surface area (Å²) in [6, 6.07) is 8.88. The van der Waals surface area contributed by atoms with Gasteiger partial charge in [0, 0.05) is 25.8 Å². The number of rotatable bonds is 10. The van der Waals surface area contributed by atoms with Crippen molar-refractivity contribution in [3.63, 3.8) is 0 Å². The van der Waals surface area contributed by atoms with E-state index in [9.17, 15) is 0 Å². The molecule has 0 aliphatic heterocycles. The summed E-state index contributed by atoms with van der Waals surface area (Å²) >= 11 is 0. The molecule has 0 aliphatic carbocycles. The number of benzene rings is 1. The van der Waals surface area contributed by atoms with Crippen molar-refractivity contribution in [2.24, 2.45) is 5.84 Å². The topological polar surface area (TPSA) is 41.3 Å². The second kappa shape index (κ2) is 9.78. The van der Waals surface area contributed by atoms with E-state index in [1.807, 2.05) is 0 Å². The van der Waals surface area contributed by atoms with Gasteiger partial charge in [0.15, 0.2) is 0 Å². The van der Waals surface area contributed by atoms with Crippen LogP contribution >= 0.6 is 0 Å². The highest BCUT2D eigenvalue weighted by molar-refractivity contribution is 5.47. The number of nitrogens with two attached hydrogens (primary N) is 1. The molecule has 0 fully saturated rings. The van der Waals surface area contributed by atoms with Crippen LogP contribution in [0.1, 0.15) is 63.5 Å². The van der Waals surface area contributed by atoms with Crippen molar-refractivity contribution in [3.8, 4) is 0 Å². The summed E-state index contributed by atoms with van der Waals surface area (Å²) in [7, 11) is 4.13. The fourth-order valence-electron chi connectivity index (χ4n) is 2.49. The Morgan fingerprint density at radius 2 is 1.80 bits per heavy atom. The van der Waals surface area contributed by atoms with Gasteiger partial charge in [-0.25, -0.2) is 0 Å². The van der Waals surface area contributed by atoms with E-state index in [0.717, 1.165) is 6.42 Å². The monoisotopic (exact) mass is 277 g/mol. The quantitative estimate of drug-likeness (QED) is 0.386. The molecular weight excluding hydrogens is 246 g/mol. The molecule has 20 heavy (non-hydrogen) atoms. The SMILES string of the molecule is CCCCCCCCC(NN)c1cccc(N(C)C)c1. The summed E-state index contributed by atoms with van der Waals surface area (Å²) in [4.78, 5) is 2.13. The largest absolute Gasteiger partial charge is 0.378 e. The van der Waals surface area contributed by atoms with E-state index in [4.69, 9.17) is 5.84 Å². The fraction of sp³-hybridized carbons (Fsp3) is 0.647. The minimum atomic E-state index is 0.265. The summed E-state index contributed by atoms with van der Waals surface area (Å²) in [5.41, 5.74) is 5.48. The van der Waals surface area contributed by atoms with Crippen LogP contribution in [-0.2, 0) is 0 Å². The van der Waals surface area contributed by atoms with Gasteiger partial charge in [-0.15, -0.1) is 0 Å².